The summed E-state index contributed by atoms with van der Waals surface area (Å²) in [5.74, 6) is 0. The summed E-state index contributed by atoms with van der Waals surface area (Å²) in [5.41, 5.74) is 9.89. The average molecular weight is 218 g/mol. The summed E-state index contributed by atoms with van der Waals surface area (Å²) in [7, 11) is 0. The van der Waals surface area contributed by atoms with E-state index in [1.165, 1.54) is 30.4 Å². The fourth-order valence-corrected chi connectivity index (χ4v) is 2.34. The van der Waals surface area contributed by atoms with Crippen molar-refractivity contribution in [3.05, 3.63) is 29.3 Å². The van der Waals surface area contributed by atoms with Gasteiger partial charge in [0.15, 0.2) is 0 Å². The van der Waals surface area contributed by atoms with Crippen molar-refractivity contribution in [2.45, 2.75) is 39.7 Å². The predicted molar refractivity (Wildman–Crippen MR) is 69.3 cm³/mol. The van der Waals surface area contributed by atoms with Gasteiger partial charge in [0.2, 0.25) is 0 Å². The molecule has 1 aromatic carbocycles. The molecule has 0 heterocycles. The van der Waals surface area contributed by atoms with Gasteiger partial charge in [-0.15, -0.1) is 0 Å². The van der Waals surface area contributed by atoms with E-state index in [1.807, 2.05) is 6.07 Å². The summed E-state index contributed by atoms with van der Waals surface area (Å²) in [6.45, 7) is 6.47. The lowest BCUT2D eigenvalue weighted by atomic mass is 9.70. The molecule has 0 radical (unpaired) electrons. The van der Waals surface area contributed by atoms with Gasteiger partial charge in [-0.1, -0.05) is 31.0 Å². The van der Waals surface area contributed by atoms with Gasteiger partial charge in [-0.25, -0.2) is 0 Å². The summed E-state index contributed by atoms with van der Waals surface area (Å²) in [6.07, 6.45) is 4.12. The zero-order valence-corrected chi connectivity index (χ0v) is 10.3. The third-order valence-electron chi connectivity index (χ3n) is 3.73. The molecular weight excluding hydrogens is 196 g/mol. The normalized spacial score (nSPS) is 18.1. The van der Waals surface area contributed by atoms with Crippen LogP contribution in [-0.2, 0) is 6.54 Å². The highest BCUT2D eigenvalue weighted by atomic mass is 14.9. The van der Waals surface area contributed by atoms with E-state index in [-0.39, 0.29) is 0 Å². The quantitative estimate of drug-likeness (QED) is 0.763. The lowest BCUT2D eigenvalue weighted by Gasteiger charge is -2.38. The highest BCUT2D eigenvalue weighted by Gasteiger charge is 2.30. The van der Waals surface area contributed by atoms with E-state index >= 15 is 0 Å². The van der Waals surface area contributed by atoms with Crippen molar-refractivity contribution in [2.24, 2.45) is 5.41 Å². The molecular formula is C14H22N2. The van der Waals surface area contributed by atoms with Crippen molar-refractivity contribution < 1.29 is 0 Å². The number of nitrogens with two attached hydrogens (primary N) is 1. The number of hydrogen-bond donors (Lipinski definition) is 2. The third kappa shape index (κ3) is 2.56. The van der Waals surface area contributed by atoms with Crippen LogP contribution < -0.4 is 11.1 Å². The number of benzene rings is 1. The van der Waals surface area contributed by atoms with E-state index < -0.39 is 0 Å². The highest BCUT2D eigenvalue weighted by Crippen LogP contribution is 2.39. The van der Waals surface area contributed by atoms with Gasteiger partial charge >= 0.3 is 0 Å². The van der Waals surface area contributed by atoms with E-state index in [9.17, 15) is 0 Å². The van der Waals surface area contributed by atoms with Crippen molar-refractivity contribution in [3.63, 3.8) is 0 Å². The summed E-state index contributed by atoms with van der Waals surface area (Å²) >= 11 is 0. The lowest BCUT2D eigenvalue weighted by molar-refractivity contribution is 0.156. The number of rotatable bonds is 4. The van der Waals surface area contributed by atoms with Crippen molar-refractivity contribution >= 4 is 5.69 Å². The van der Waals surface area contributed by atoms with Crippen molar-refractivity contribution in [3.8, 4) is 0 Å². The Hall–Kier alpha value is -1.02. The van der Waals surface area contributed by atoms with Gasteiger partial charge in [0.05, 0.1) is 0 Å². The first kappa shape index (κ1) is 11.5. The van der Waals surface area contributed by atoms with Crippen LogP contribution in [0.15, 0.2) is 18.2 Å². The lowest BCUT2D eigenvalue weighted by Crippen LogP contribution is -2.37. The highest BCUT2D eigenvalue weighted by molar-refractivity contribution is 5.48. The second kappa shape index (κ2) is 4.46. The van der Waals surface area contributed by atoms with Gasteiger partial charge in [0.25, 0.3) is 0 Å². The second-order valence-corrected chi connectivity index (χ2v) is 5.47. The Labute approximate surface area is 98.2 Å². The van der Waals surface area contributed by atoms with E-state index in [0.717, 1.165) is 18.8 Å². The van der Waals surface area contributed by atoms with Crippen LogP contribution in [0, 0.1) is 12.3 Å². The Balaban J connectivity index is 1.87. The van der Waals surface area contributed by atoms with Gasteiger partial charge in [-0.05, 0) is 36.8 Å². The molecule has 2 heteroatoms. The largest absolute Gasteiger partial charge is 0.398 e. The summed E-state index contributed by atoms with van der Waals surface area (Å²) in [5, 5.41) is 3.53. The zero-order chi connectivity index (χ0) is 11.6. The Morgan fingerprint density at radius 3 is 2.75 bits per heavy atom. The molecule has 2 rings (SSSR count). The van der Waals surface area contributed by atoms with E-state index in [4.69, 9.17) is 5.73 Å². The predicted octanol–water partition coefficient (Wildman–Crippen LogP) is 2.86. The Morgan fingerprint density at radius 2 is 2.12 bits per heavy atom. The number of hydrogen-bond acceptors (Lipinski definition) is 2. The van der Waals surface area contributed by atoms with E-state index in [1.54, 1.807) is 0 Å². The fraction of sp³-hybridized carbons (Fsp3) is 0.571. The second-order valence-electron chi connectivity index (χ2n) is 5.47. The number of nitrogen functional groups attached to an aromatic ring is 1. The minimum atomic E-state index is 0.540. The molecule has 1 saturated carbocycles. The topological polar surface area (TPSA) is 38.0 Å². The standard InChI is InChI=1S/C14H22N2/c1-11-4-5-13(15)12(8-11)9-16-10-14(2)6-3-7-14/h4-5,8,16H,3,6-7,9-10,15H2,1-2H3. The smallest absolute Gasteiger partial charge is 0.0359 e. The maximum absolute atomic E-state index is 5.95. The Kier molecular flexibility index (Phi) is 3.20. The van der Waals surface area contributed by atoms with Gasteiger partial charge in [0, 0.05) is 18.8 Å². The van der Waals surface area contributed by atoms with Crippen LogP contribution in [0.2, 0.25) is 0 Å². The van der Waals surface area contributed by atoms with E-state index in [0.29, 0.717) is 5.41 Å². The van der Waals surface area contributed by atoms with Crippen LogP contribution >= 0.6 is 0 Å². The molecule has 0 amide bonds. The molecule has 0 spiro atoms. The van der Waals surface area contributed by atoms with Crippen LogP contribution in [0.3, 0.4) is 0 Å². The summed E-state index contributed by atoms with van der Waals surface area (Å²) < 4.78 is 0. The first-order chi connectivity index (χ1) is 7.59. The molecule has 0 bridgehead atoms. The Morgan fingerprint density at radius 1 is 1.38 bits per heavy atom. The van der Waals surface area contributed by atoms with Gasteiger partial charge in [-0.3, -0.25) is 0 Å². The van der Waals surface area contributed by atoms with Crippen LogP contribution in [-0.4, -0.2) is 6.54 Å². The minimum Gasteiger partial charge on any atom is -0.398 e. The maximum atomic E-state index is 5.95. The first-order valence-electron chi connectivity index (χ1n) is 6.15. The molecule has 16 heavy (non-hydrogen) atoms. The first-order valence-corrected chi connectivity index (χ1v) is 6.15. The maximum Gasteiger partial charge on any atom is 0.0359 e. The molecule has 1 aromatic rings. The Bertz CT molecular complexity index is 367. The fourth-order valence-electron chi connectivity index (χ4n) is 2.34. The molecule has 0 aromatic heterocycles. The van der Waals surface area contributed by atoms with Crippen LogP contribution in [0.5, 0.6) is 0 Å². The molecule has 3 N–H and O–H groups in total. The van der Waals surface area contributed by atoms with Crippen molar-refractivity contribution in [1.82, 2.24) is 5.32 Å². The van der Waals surface area contributed by atoms with Crippen molar-refractivity contribution in [2.75, 3.05) is 12.3 Å². The van der Waals surface area contributed by atoms with Gasteiger partial charge in [-0.2, -0.15) is 0 Å². The molecule has 0 unspecified atom stereocenters. The number of aryl methyl sites for hydroxylation is 1. The SMILES string of the molecule is Cc1ccc(N)c(CNCC2(C)CCC2)c1. The van der Waals surface area contributed by atoms with Crippen LogP contribution in [0.1, 0.15) is 37.3 Å². The van der Waals surface area contributed by atoms with Gasteiger partial charge in [0.1, 0.15) is 0 Å². The van der Waals surface area contributed by atoms with Crippen molar-refractivity contribution in [1.29, 1.82) is 0 Å². The molecule has 1 aliphatic rings. The average Bonchev–Trinajstić information content (AvgIpc) is 2.21. The molecule has 88 valence electrons. The van der Waals surface area contributed by atoms with Crippen LogP contribution in [0.4, 0.5) is 5.69 Å². The van der Waals surface area contributed by atoms with Crippen LogP contribution in [0.25, 0.3) is 0 Å². The van der Waals surface area contributed by atoms with Gasteiger partial charge < -0.3 is 11.1 Å². The monoisotopic (exact) mass is 218 g/mol. The summed E-state index contributed by atoms with van der Waals surface area (Å²) in [6, 6.07) is 6.23. The third-order valence-corrected chi connectivity index (χ3v) is 3.73. The number of anilines is 1. The molecule has 0 aliphatic heterocycles. The number of nitrogens with one attached hydrogen (secondary N) is 1. The molecule has 0 atom stereocenters. The molecule has 1 aliphatic carbocycles. The zero-order valence-electron chi connectivity index (χ0n) is 10.3. The molecule has 0 saturated heterocycles. The molecule has 1 fully saturated rings. The summed E-state index contributed by atoms with van der Waals surface area (Å²) in [4.78, 5) is 0. The van der Waals surface area contributed by atoms with E-state index in [2.05, 4.69) is 31.3 Å². The molecule has 2 nitrogen and oxygen atoms in total. The minimum absolute atomic E-state index is 0.540.